The van der Waals surface area contributed by atoms with Crippen LogP contribution in [0.1, 0.15) is 45.4 Å². The average molecular weight is 197 g/mol. The largest absolute Gasteiger partial charge is 0.396 e. The minimum absolute atomic E-state index is 0.262. The molecule has 1 aliphatic heterocycles. The molecule has 1 saturated heterocycles. The Balaban J connectivity index is 1.93. The molecule has 1 N–H and O–H groups in total. The van der Waals surface area contributed by atoms with Crippen LogP contribution >= 0.6 is 0 Å². The average Bonchev–Trinajstić information content (AvgIpc) is 2.79. The van der Waals surface area contributed by atoms with Crippen molar-refractivity contribution in [1.29, 1.82) is 0 Å². The Morgan fingerprint density at radius 1 is 1.29 bits per heavy atom. The number of rotatable bonds is 3. The molecule has 82 valence electrons. The molecule has 0 aromatic heterocycles. The van der Waals surface area contributed by atoms with Crippen molar-refractivity contribution in [3.63, 3.8) is 0 Å². The molecule has 2 heteroatoms. The summed E-state index contributed by atoms with van der Waals surface area (Å²) >= 11 is 0. The lowest BCUT2D eigenvalue weighted by Gasteiger charge is -2.33. The molecular formula is C12H23NO. The molecule has 1 saturated carbocycles. The number of hydrogen-bond acceptors (Lipinski definition) is 2. The summed E-state index contributed by atoms with van der Waals surface area (Å²) in [4.78, 5) is 2.58. The van der Waals surface area contributed by atoms with Crippen LogP contribution in [-0.4, -0.2) is 35.7 Å². The van der Waals surface area contributed by atoms with E-state index in [1.807, 2.05) is 0 Å². The molecule has 2 fully saturated rings. The number of nitrogens with zero attached hydrogens (tertiary/aromatic N) is 1. The van der Waals surface area contributed by atoms with Crippen LogP contribution < -0.4 is 0 Å². The van der Waals surface area contributed by atoms with Gasteiger partial charge < -0.3 is 10.0 Å². The van der Waals surface area contributed by atoms with Crippen molar-refractivity contribution in [1.82, 2.24) is 4.90 Å². The van der Waals surface area contributed by atoms with Gasteiger partial charge >= 0.3 is 0 Å². The molecular weight excluding hydrogens is 174 g/mol. The van der Waals surface area contributed by atoms with E-state index in [0.717, 1.165) is 12.6 Å². The van der Waals surface area contributed by atoms with Gasteiger partial charge in [-0.1, -0.05) is 12.8 Å². The third-order valence-corrected chi connectivity index (χ3v) is 4.23. The molecule has 0 aromatic carbocycles. The zero-order valence-corrected chi connectivity index (χ0v) is 9.34. The van der Waals surface area contributed by atoms with Crippen molar-refractivity contribution >= 4 is 0 Å². The molecule has 0 amide bonds. The van der Waals surface area contributed by atoms with Gasteiger partial charge in [0.05, 0.1) is 0 Å². The smallest absolute Gasteiger partial charge is 0.0499 e. The lowest BCUT2D eigenvalue weighted by Crippen LogP contribution is -2.40. The van der Waals surface area contributed by atoms with Gasteiger partial charge in [0.2, 0.25) is 0 Å². The fourth-order valence-corrected chi connectivity index (χ4v) is 3.15. The van der Waals surface area contributed by atoms with Crippen LogP contribution in [-0.2, 0) is 0 Å². The summed E-state index contributed by atoms with van der Waals surface area (Å²) in [7, 11) is 0. The highest BCUT2D eigenvalue weighted by molar-refractivity contribution is 4.89. The standard InChI is InChI=1S/C12H23NO/c1-11-5-4-8-13(11)9-12(10-14)6-2-3-7-12/h11,14H,2-10H2,1H3. The molecule has 1 atom stereocenters. The molecule has 2 nitrogen and oxygen atoms in total. The van der Waals surface area contributed by atoms with Crippen LogP contribution in [0.2, 0.25) is 0 Å². The maximum absolute atomic E-state index is 9.54. The van der Waals surface area contributed by atoms with Gasteiger partial charge in [-0.25, -0.2) is 0 Å². The second kappa shape index (κ2) is 4.19. The first-order valence-corrected chi connectivity index (χ1v) is 6.11. The summed E-state index contributed by atoms with van der Waals surface area (Å²) in [6.07, 6.45) is 7.83. The summed E-state index contributed by atoms with van der Waals surface area (Å²) in [5.74, 6) is 0. The zero-order valence-electron chi connectivity index (χ0n) is 9.34. The van der Waals surface area contributed by atoms with E-state index < -0.39 is 0 Å². The van der Waals surface area contributed by atoms with Crippen LogP contribution in [0.25, 0.3) is 0 Å². The molecule has 1 heterocycles. The van der Waals surface area contributed by atoms with Gasteiger partial charge in [-0.2, -0.15) is 0 Å². The SMILES string of the molecule is CC1CCCN1CC1(CO)CCCC1. The fraction of sp³-hybridized carbons (Fsp3) is 1.00. The second-order valence-corrected chi connectivity index (χ2v) is 5.33. The van der Waals surface area contributed by atoms with Crippen LogP contribution in [0.3, 0.4) is 0 Å². The first kappa shape index (κ1) is 10.4. The van der Waals surface area contributed by atoms with Gasteiger partial charge in [-0.15, -0.1) is 0 Å². The minimum atomic E-state index is 0.262. The third-order valence-electron chi connectivity index (χ3n) is 4.23. The molecule has 0 aromatic rings. The fourth-order valence-electron chi connectivity index (χ4n) is 3.15. The Morgan fingerprint density at radius 2 is 2.00 bits per heavy atom. The monoisotopic (exact) mass is 197 g/mol. The normalized spacial score (nSPS) is 32.6. The highest BCUT2D eigenvalue weighted by Crippen LogP contribution is 2.39. The van der Waals surface area contributed by atoms with Crippen molar-refractivity contribution in [2.24, 2.45) is 5.41 Å². The highest BCUT2D eigenvalue weighted by Gasteiger charge is 2.36. The molecule has 0 radical (unpaired) electrons. The first-order chi connectivity index (χ1) is 6.76. The van der Waals surface area contributed by atoms with Crippen LogP contribution in [0.4, 0.5) is 0 Å². The predicted octanol–water partition coefficient (Wildman–Crippen LogP) is 2.02. The van der Waals surface area contributed by atoms with Gasteiger partial charge in [0.15, 0.2) is 0 Å². The Bertz CT molecular complexity index is 187. The Hall–Kier alpha value is -0.0800. The molecule has 0 spiro atoms. The molecule has 2 aliphatic rings. The number of hydrogen-bond donors (Lipinski definition) is 1. The summed E-state index contributed by atoms with van der Waals surface area (Å²) in [6.45, 7) is 5.12. The topological polar surface area (TPSA) is 23.5 Å². The summed E-state index contributed by atoms with van der Waals surface area (Å²) < 4.78 is 0. The highest BCUT2D eigenvalue weighted by atomic mass is 16.3. The van der Waals surface area contributed by atoms with Crippen LogP contribution in [0.5, 0.6) is 0 Å². The summed E-state index contributed by atoms with van der Waals surface area (Å²) in [6, 6.07) is 0.749. The van der Waals surface area contributed by atoms with Crippen LogP contribution in [0.15, 0.2) is 0 Å². The lowest BCUT2D eigenvalue weighted by molar-refractivity contribution is 0.0757. The van der Waals surface area contributed by atoms with Gasteiger partial charge in [0.1, 0.15) is 0 Å². The minimum Gasteiger partial charge on any atom is -0.396 e. The molecule has 14 heavy (non-hydrogen) atoms. The second-order valence-electron chi connectivity index (χ2n) is 5.33. The van der Waals surface area contributed by atoms with E-state index in [0.29, 0.717) is 6.61 Å². The molecule has 1 aliphatic carbocycles. The quantitative estimate of drug-likeness (QED) is 0.748. The predicted molar refractivity (Wildman–Crippen MR) is 58.3 cm³/mol. The van der Waals surface area contributed by atoms with E-state index in [2.05, 4.69) is 11.8 Å². The van der Waals surface area contributed by atoms with E-state index in [1.165, 1.54) is 45.1 Å². The van der Waals surface area contributed by atoms with E-state index in [9.17, 15) is 5.11 Å². The van der Waals surface area contributed by atoms with Crippen LogP contribution in [0, 0.1) is 5.41 Å². The zero-order chi connectivity index (χ0) is 10.0. The number of aliphatic hydroxyl groups excluding tert-OH is 1. The maximum atomic E-state index is 9.54. The van der Waals surface area contributed by atoms with E-state index in [1.54, 1.807) is 0 Å². The van der Waals surface area contributed by atoms with E-state index >= 15 is 0 Å². The Morgan fingerprint density at radius 3 is 2.50 bits per heavy atom. The van der Waals surface area contributed by atoms with Crippen molar-refractivity contribution in [2.45, 2.75) is 51.5 Å². The molecule has 2 rings (SSSR count). The van der Waals surface area contributed by atoms with Crippen molar-refractivity contribution in [3.05, 3.63) is 0 Å². The first-order valence-electron chi connectivity index (χ1n) is 6.11. The number of likely N-dealkylation sites (tertiary alicyclic amines) is 1. The Labute approximate surface area is 87.3 Å². The van der Waals surface area contributed by atoms with Gasteiger partial charge in [0.25, 0.3) is 0 Å². The summed E-state index contributed by atoms with van der Waals surface area (Å²) in [5, 5.41) is 9.54. The van der Waals surface area contributed by atoms with E-state index in [4.69, 9.17) is 0 Å². The van der Waals surface area contributed by atoms with E-state index in [-0.39, 0.29) is 5.41 Å². The van der Waals surface area contributed by atoms with Crippen molar-refractivity contribution in [3.8, 4) is 0 Å². The number of aliphatic hydroxyl groups is 1. The molecule has 0 bridgehead atoms. The van der Waals surface area contributed by atoms with Crippen molar-refractivity contribution < 1.29 is 5.11 Å². The van der Waals surface area contributed by atoms with Gasteiger partial charge in [-0.3, -0.25) is 0 Å². The van der Waals surface area contributed by atoms with Crippen molar-refractivity contribution in [2.75, 3.05) is 19.7 Å². The maximum Gasteiger partial charge on any atom is 0.0499 e. The third kappa shape index (κ3) is 1.96. The van der Waals surface area contributed by atoms with Gasteiger partial charge in [0, 0.05) is 24.6 Å². The Kier molecular flexibility index (Phi) is 3.13. The summed E-state index contributed by atoms with van der Waals surface area (Å²) in [5.41, 5.74) is 0.262. The van der Waals surface area contributed by atoms with Gasteiger partial charge in [-0.05, 0) is 39.2 Å². The lowest BCUT2D eigenvalue weighted by atomic mass is 9.86. The molecule has 1 unspecified atom stereocenters.